The molecule has 0 saturated carbocycles. The van der Waals surface area contributed by atoms with Gasteiger partial charge in [-0.1, -0.05) is 24.3 Å². The number of rotatable bonds is 5. The van der Waals surface area contributed by atoms with Crippen molar-refractivity contribution in [1.29, 1.82) is 0 Å². The molecular weight excluding hydrogens is 256 g/mol. The fraction of sp³-hybridized carbons (Fsp3) is 0.133. The standard InChI is InChI=1S/C15H16N2O3/c1-19-14-9-5-6-12(10-14)17-15(18)16-11-20-13-7-3-2-4-8-13/h2-10H,11H2,1H3,(H2,16,17,18). The Kier molecular flexibility index (Phi) is 4.83. The Morgan fingerprint density at radius 2 is 1.80 bits per heavy atom. The van der Waals surface area contributed by atoms with Crippen molar-refractivity contribution in [2.24, 2.45) is 0 Å². The lowest BCUT2D eigenvalue weighted by atomic mass is 10.3. The number of carbonyl (C=O) groups is 1. The Labute approximate surface area is 117 Å². The molecular formula is C15H16N2O3. The molecule has 0 fully saturated rings. The second kappa shape index (κ2) is 7.04. The molecule has 5 heteroatoms. The Hall–Kier alpha value is -2.69. The molecule has 2 aromatic carbocycles. The predicted molar refractivity (Wildman–Crippen MR) is 77.1 cm³/mol. The summed E-state index contributed by atoms with van der Waals surface area (Å²) in [6.07, 6.45) is 0. The van der Waals surface area contributed by atoms with Gasteiger partial charge in [0.05, 0.1) is 7.11 Å². The molecule has 5 nitrogen and oxygen atoms in total. The van der Waals surface area contributed by atoms with E-state index in [1.54, 1.807) is 25.3 Å². The Bertz CT molecular complexity index is 558. The number of para-hydroxylation sites is 1. The van der Waals surface area contributed by atoms with E-state index in [9.17, 15) is 4.79 Å². The number of ether oxygens (including phenoxy) is 2. The van der Waals surface area contributed by atoms with Crippen molar-refractivity contribution in [1.82, 2.24) is 5.32 Å². The Morgan fingerprint density at radius 1 is 1.05 bits per heavy atom. The maximum atomic E-state index is 11.7. The van der Waals surface area contributed by atoms with Crippen LogP contribution >= 0.6 is 0 Å². The second-order valence-electron chi connectivity index (χ2n) is 3.96. The number of nitrogens with one attached hydrogen (secondary N) is 2. The van der Waals surface area contributed by atoms with Gasteiger partial charge in [-0.05, 0) is 24.3 Å². The predicted octanol–water partition coefficient (Wildman–Crippen LogP) is 2.85. The summed E-state index contributed by atoms with van der Waals surface area (Å²) >= 11 is 0. The van der Waals surface area contributed by atoms with Crippen molar-refractivity contribution in [3.63, 3.8) is 0 Å². The number of benzene rings is 2. The zero-order valence-electron chi connectivity index (χ0n) is 11.1. The van der Waals surface area contributed by atoms with E-state index in [4.69, 9.17) is 9.47 Å². The highest BCUT2D eigenvalue weighted by Gasteiger charge is 2.02. The number of anilines is 1. The van der Waals surface area contributed by atoms with Gasteiger partial charge < -0.3 is 20.1 Å². The van der Waals surface area contributed by atoms with Crippen LogP contribution in [-0.2, 0) is 0 Å². The summed E-state index contributed by atoms with van der Waals surface area (Å²) in [5.74, 6) is 1.39. The SMILES string of the molecule is COc1cccc(NC(=O)NCOc2ccccc2)c1. The van der Waals surface area contributed by atoms with Crippen molar-refractivity contribution >= 4 is 11.7 Å². The van der Waals surface area contributed by atoms with Crippen molar-refractivity contribution in [3.05, 3.63) is 54.6 Å². The fourth-order valence-corrected chi connectivity index (χ4v) is 1.58. The van der Waals surface area contributed by atoms with Crippen LogP contribution in [0.4, 0.5) is 10.5 Å². The lowest BCUT2D eigenvalue weighted by molar-refractivity contribution is 0.234. The van der Waals surface area contributed by atoms with E-state index < -0.39 is 0 Å². The van der Waals surface area contributed by atoms with Gasteiger partial charge in [-0.2, -0.15) is 0 Å². The van der Waals surface area contributed by atoms with Gasteiger partial charge in [0, 0.05) is 11.8 Å². The van der Waals surface area contributed by atoms with Crippen LogP contribution in [0.3, 0.4) is 0 Å². The van der Waals surface area contributed by atoms with Crippen LogP contribution in [0.2, 0.25) is 0 Å². The molecule has 2 aromatic rings. The first-order valence-corrected chi connectivity index (χ1v) is 6.14. The Balaban J connectivity index is 1.77. The summed E-state index contributed by atoms with van der Waals surface area (Å²) in [5.41, 5.74) is 0.654. The number of hydrogen-bond acceptors (Lipinski definition) is 3. The van der Waals surface area contributed by atoms with Crippen molar-refractivity contribution in [2.45, 2.75) is 0 Å². The van der Waals surface area contributed by atoms with Gasteiger partial charge in [-0.25, -0.2) is 4.79 Å². The zero-order valence-corrected chi connectivity index (χ0v) is 11.1. The average Bonchev–Trinajstić information content (AvgIpc) is 2.48. The summed E-state index contributed by atoms with van der Waals surface area (Å²) in [5, 5.41) is 5.30. The fourth-order valence-electron chi connectivity index (χ4n) is 1.58. The second-order valence-corrected chi connectivity index (χ2v) is 3.96. The van der Waals surface area contributed by atoms with Crippen LogP contribution in [0.15, 0.2) is 54.6 Å². The van der Waals surface area contributed by atoms with Gasteiger partial charge in [0.15, 0.2) is 6.73 Å². The summed E-state index contributed by atoms with van der Waals surface area (Å²) in [7, 11) is 1.58. The average molecular weight is 272 g/mol. The molecule has 0 heterocycles. The molecule has 0 bridgehead atoms. The monoisotopic (exact) mass is 272 g/mol. The minimum atomic E-state index is -0.339. The highest BCUT2D eigenvalue weighted by atomic mass is 16.5. The zero-order chi connectivity index (χ0) is 14.2. The van der Waals surface area contributed by atoms with Crippen LogP contribution in [0.1, 0.15) is 0 Å². The number of hydrogen-bond donors (Lipinski definition) is 2. The molecule has 0 aliphatic rings. The molecule has 0 atom stereocenters. The molecule has 0 aromatic heterocycles. The molecule has 0 aliphatic heterocycles. The minimum absolute atomic E-state index is 0.0970. The van der Waals surface area contributed by atoms with E-state index in [2.05, 4.69) is 10.6 Å². The number of carbonyl (C=O) groups excluding carboxylic acids is 1. The van der Waals surface area contributed by atoms with E-state index in [0.717, 1.165) is 0 Å². The van der Waals surface area contributed by atoms with Crippen LogP contribution in [0.5, 0.6) is 11.5 Å². The summed E-state index contributed by atoms with van der Waals surface area (Å²) < 4.78 is 10.4. The molecule has 2 amide bonds. The first-order valence-electron chi connectivity index (χ1n) is 6.14. The molecule has 2 N–H and O–H groups in total. The number of methoxy groups -OCH3 is 1. The van der Waals surface area contributed by atoms with E-state index >= 15 is 0 Å². The van der Waals surface area contributed by atoms with E-state index in [-0.39, 0.29) is 12.8 Å². The number of urea groups is 1. The van der Waals surface area contributed by atoms with Crippen molar-refractivity contribution in [3.8, 4) is 11.5 Å². The van der Waals surface area contributed by atoms with Crippen LogP contribution in [0.25, 0.3) is 0 Å². The Morgan fingerprint density at radius 3 is 2.55 bits per heavy atom. The summed E-state index contributed by atoms with van der Waals surface area (Å²) in [6, 6.07) is 16.1. The summed E-state index contributed by atoms with van der Waals surface area (Å²) in [6.45, 7) is 0.0970. The molecule has 0 radical (unpaired) electrons. The first kappa shape index (κ1) is 13.7. The molecule has 104 valence electrons. The number of amides is 2. The highest BCUT2D eigenvalue weighted by molar-refractivity contribution is 5.89. The van der Waals surface area contributed by atoms with Crippen molar-refractivity contribution in [2.75, 3.05) is 19.2 Å². The van der Waals surface area contributed by atoms with Gasteiger partial charge in [-0.3, -0.25) is 0 Å². The van der Waals surface area contributed by atoms with Crippen LogP contribution in [0, 0.1) is 0 Å². The van der Waals surface area contributed by atoms with E-state index in [0.29, 0.717) is 17.2 Å². The highest BCUT2D eigenvalue weighted by Crippen LogP contribution is 2.16. The maximum Gasteiger partial charge on any atom is 0.321 e. The topological polar surface area (TPSA) is 59.6 Å². The van der Waals surface area contributed by atoms with E-state index in [1.807, 2.05) is 36.4 Å². The van der Waals surface area contributed by atoms with Crippen molar-refractivity contribution < 1.29 is 14.3 Å². The lowest BCUT2D eigenvalue weighted by Gasteiger charge is -2.10. The molecule has 20 heavy (non-hydrogen) atoms. The third kappa shape index (κ3) is 4.20. The first-order chi connectivity index (χ1) is 9.78. The summed E-state index contributed by atoms with van der Waals surface area (Å²) in [4.78, 5) is 11.7. The molecule has 2 rings (SSSR count). The normalized spacial score (nSPS) is 9.65. The quantitative estimate of drug-likeness (QED) is 0.823. The maximum absolute atomic E-state index is 11.7. The smallest absolute Gasteiger partial charge is 0.321 e. The van der Waals surface area contributed by atoms with Gasteiger partial charge in [0.25, 0.3) is 0 Å². The minimum Gasteiger partial charge on any atom is -0.497 e. The molecule has 0 spiro atoms. The van der Waals surface area contributed by atoms with E-state index in [1.165, 1.54) is 0 Å². The van der Waals surface area contributed by atoms with Gasteiger partial charge in [0.2, 0.25) is 0 Å². The third-order valence-electron chi connectivity index (χ3n) is 2.54. The largest absolute Gasteiger partial charge is 0.497 e. The van der Waals surface area contributed by atoms with Gasteiger partial charge in [0.1, 0.15) is 11.5 Å². The molecule has 0 saturated heterocycles. The lowest BCUT2D eigenvalue weighted by Crippen LogP contribution is -2.31. The van der Waals surface area contributed by atoms with Gasteiger partial charge >= 0.3 is 6.03 Å². The third-order valence-corrected chi connectivity index (χ3v) is 2.54. The molecule has 0 aliphatic carbocycles. The van der Waals surface area contributed by atoms with Crippen LogP contribution < -0.4 is 20.1 Å². The van der Waals surface area contributed by atoms with Crippen LogP contribution in [-0.4, -0.2) is 19.9 Å². The molecule has 0 unspecified atom stereocenters. The van der Waals surface area contributed by atoms with Gasteiger partial charge in [-0.15, -0.1) is 0 Å².